The van der Waals surface area contributed by atoms with Crippen LogP contribution in [0.3, 0.4) is 0 Å². The quantitative estimate of drug-likeness (QED) is 0.809. The molecule has 1 unspecified atom stereocenters. The van der Waals surface area contributed by atoms with E-state index in [0.717, 1.165) is 17.7 Å². The van der Waals surface area contributed by atoms with Gasteiger partial charge in [-0.25, -0.2) is 0 Å². The number of hydrogen-bond donors (Lipinski definition) is 2. The number of rotatable bonds is 3. The molecule has 0 spiro atoms. The van der Waals surface area contributed by atoms with Crippen LogP contribution in [0.2, 0.25) is 0 Å². The van der Waals surface area contributed by atoms with E-state index in [1.54, 1.807) is 13.0 Å². The Morgan fingerprint density at radius 3 is 3.06 bits per heavy atom. The third-order valence-electron chi connectivity index (χ3n) is 2.47. The molecule has 86 valence electrons. The molecule has 0 aromatic heterocycles. The Labute approximate surface area is 94.2 Å². The molecular weight excluding hydrogens is 206 g/mol. The van der Waals surface area contributed by atoms with Crippen LogP contribution >= 0.6 is 0 Å². The molecule has 16 heavy (non-hydrogen) atoms. The number of carbonyl (C=O) groups is 1. The van der Waals surface area contributed by atoms with E-state index in [9.17, 15) is 4.79 Å². The summed E-state index contributed by atoms with van der Waals surface area (Å²) < 4.78 is 5.37. The Morgan fingerprint density at radius 2 is 2.31 bits per heavy atom. The smallest absolute Gasteiger partial charge is 0.224 e. The average molecular weight is 221 g/mol. The summed E-state index contributed by atoms with van der Waals surface area (Å²) in [6.45, 7) is 1.92. The van der Waals surface area contributed by atoms with Gasteiger partial charge in [-0.05, 0) is 25.0 Å². The minimum absolute atomic E-state index is 0.0418. The van der Waals surface area contributed by atoms with Gasteiger partial charge in [0.25, 0.3) is 0 Å². The van der Waals surface area contributed by atoms with Gasteiger partial charge in [-0.1, -0.05) is 6.07 Å². The van der Waals surface area contributed by atoms with Gasteiger partial charge in [-0.3, -0.25) is 4.79 Å². The molecule has 1 aromatic rings. The standard InChI is InChI=1S/C12H15NO3/c1-8(14)7-16-10-4-2-9-3-5-12(15)13-11(9)6-10/h2,4,6,8,14H,3,5,7H2,1H3,(H,13,15). The van der Waals surface area contributed by atoms with E-state index in [-0.39, 0.29) is 12.5 Å². The molecule has 4 heteroatoms. The summed E-state index contributed by atoms with van der Waals surface area (Å²) in [6.07, 6.45) is 0.823. The van der Waals surface area contributed by atoms with E-state index in [4.69, 9.17) is 9.84 Å². The lowest BCUT2D eigenvalue weighted by molar-refractivity contribution is -0.116. The molecule has 0 aliphatic carbocycles. The van der Waals surface area contributed by atoms with E-state index in [1.807, 2.05) is 12.1 Å². The molecule has 0 bridgehead atoms. The van der Waals surface area contributed by atoms with Crippen LogP contribution in [0.4, 0.5) is 5.69 Å². The van der Waals surface area contributed by atoms with Crippen molar-refractivity contribution in [2.75, 3.05) is 11.9 Å². The number of fused-ring (bicyclic) bond motifs is 1. The summed E-state index contributed by atoms with van der Waals surface area (Å²) in [5.74, 6) is 0.710. The van der Waals surface area contributed by atoms with E-state index in [2.05, 4.69) is 5.32 Å². The summed E-state index contributed by atoms with van der Waals surface area (Å²) >= 11 is 0. The molecule has 0 fully saturated rings. The maximum absolute atomic E-state index is 11.2. The fourth-order valence-corrected chi connectivity index (χ4v) is 1.66. The minimum atomic E-state index is -0.495. The highest BCUT2D eigenvalue weighted by atomic mass is 16.5. The van der Waals surface area contributed by atoms with Crippen LogP contribution < -0.4 is 10.1 Å². The predicted molar refractivity (Wildman–Crippen MR) is 60.6 cm³/mol. The summed E-state index contributed by atoms with van der Waals surface area (Å²) in [6, 6.07) is 5.61. The second-order valence-electron chi connectivity index (χ2n) is 4.03. The number of benzene rings is 1. The third-order valence-corrected chi connectivity index (χ3v) is 2.47. The van der Waals surface area contributed by atoms with Gasteiger partial charge < -0.3 is 15.2 Å². The average Bonchev–Trinajstić information content (AvgIpc) is 2.25. The number of aliphatic hydroxyl groups is 1. The van der Waals surface area contributed by atoms with Gasteiger partial charge in [0.1, 0.15) is 12.4 Å². The van der Waals surface area contributed by atoms with Gasteiger partial charge >= 0.3 is 0 Å². The molecule has 4 nitrogen and oxygen atoms in total. The Hall–Kier alpha value is -1.55. The van der Waals surface area contributed by atoms with E-state index >= 15 is 0 Å². The maximum atomic E-state index is 11.2. The van der Waals surface area contributed by atoms with Crippen molar-refractivity contribution in [2.24, 2.45) is 0 Å². The maximum Gasteiger partial charge on any atom is 0.224 e. The van der Waals surface area contributed by atoms with Gasteiger partial charge in [0.15, 0.2) is 0 Å². The van der Waals surface area contributed by atoms with Gasteiger partial charge in [0, 0.05) is 18.2 Å². The molecule has 2 N–H and O–H groups in total. The van der Waals surface area contributed by atoms with Gasteiger partial charge in [-0.2, -0.15) is 0 Å². The number of aliphatic hydroxyl groups excluding tert-OH is 1. The van der Waals surface area contributed by atoms with Crippen LogP contribution in [0.15, 0.2) is 18.2 Å². The van der Waals surface area contributed by atoms with Crippen molar-refractivity contribution >= 4 is 11.6 Å². The monoisotopic (exact) mass is 221 g/mol. The summed E-state index contributed by atoms with van der Waals surface area (Å²) in [4.78, 5) is 11.2. The van der Waals surface area contributed by atoms with E-state index in [0.29, 0.717) is 12.2 Å². The van der Waals surface area contributed by atoms with E-state index < -0.39 is 6.10 Å². The molecular formula is C12H15NO3. The topological polar surface area (TPSA) is 58.6 Å². The SMILES string of the molecule is CC(O)COc1ccc2c(c1)NC(=O)CC2. The number of anilines is 1. The highest BCUT2D eigenvalue weighted by molar-refractivity contribution is 5.94. The molecule has 1 aliphatic heterocycles. The van der Waals surface area contributed by atoms with Crippen LogP contribution in [0.25, 0.3) is 0 Å². The highest BCUT2D eigenvalue weighted by Crippen LogP contribution is 2.27. The number of amides is 1. The largest absolute Gasteiger partial charge is 0.491 e. The second-order valence-corrected chi connectivity index (χ2v) is 4.03. The lowest BCUT2D eigenvalue weighted by Gasteiger charge is -2.18. The Bertz CT molecular complexity index is 401. The molecule has 0 radical (unpaired) electrons. The molecule has 2 rings (SSSR count). The first-order valence-corrected chi connectivity index (χ1v) is 5.39. The normalized spacial score (nSPS) is 16.2. The number of hydrogen-bond acceptors (Lipinski definition) is 3. The molecule has 1 aromatic carbocycles. The number of nitrogens with one attached hydrogen (secondary N) is 1. The number of aryl methyl sites for hydroxylation is 1. The van der Waals surface area contributed by atoms with Crippen molar-refractivity contribution < 1.29 is 14.6 Å². The second kappa shape index (κ2) is 4.53. The molecule has 1 amide bonds. The van der Waals surface area contributed by atoms with Gasteiger partial charge in [0.2, 0.25) is 5.91 Å². The Kier molecular flexibility index (Phi) is 3.10. The number of carbonyl (C=O) groups excluding carboxylic acids is 1. The van der Waals surface area contributed by atoms with Gasteiger partial charge in [0.05, 0.1) is 6.10 Å². The molecule has 0 saturated heterocycles. The van der Waals surface area contributed by atoms with E-state index in [1.165, 1.54) is 0 Å². The van der Waals surface area contributed by atoms with Crippen molar-refractivity contribution in [1.82, 2.24) is 0 Å². The van der Waals surface area contributed by atoms with Gasteiger partial charge in [-0.15, -0.1) is 0 Å². The molecule has 0 saturated carbocycles. The van der Waals surface area contributed by atoms with Crippen molar-refractivity contribution in [1.29, 1.82) is 0 Å². The Morgan fingerprint density at radius 1 is 1.50 bits per heavy atom. The zero-order valence-corrected chi connectivity index (χ0v) is 9.19. The van der Waals surface area contributed by atoms with Crippen LogP contribution in [0, 0.1) is 0 Å². The predicted octanol–water partition coefficient (Wildman–Crippen LogP) is 1.33. The van der Waals surface area contributed by atoms with Crippen LogP contribution in [-0.4, -0.2) is 23.7 Å². The van der Waals surface area contributed by atoms with Crippen LogP contribution in [-0.2, 0) is 11.2 Å². The summed E-state index contributed by atoms with van der Waals surface area (Å²) in [7, 11) is 0. The summed E-state index contributed by atoms with van der Waals surface area (Å²) in [5.41, 5.74) is 1.95. The first-order valence-electron chi connectivity index (χ1n) is 5.39. The van der Waals surface area contributed by atoms with Crippen molar-refractivity contribution in [2.45, 2.75) is 25.9 Å². The fraction of sp³-hybridized carbons (Fsp3) is 0.417. The number of ether oxygens (including phenoxy) is 1. The first kappa shape index (κ1) is 11.0. The van der Waals surface area contributed by atoms with Crippen molar-refractivity contribution in [3.8, 4) is 5.75 Å². The minimum Gasteiger partial charge on any atom is -0.491 e. The highest BCUT2D eigenvalue weighted by Gasteiger charge is 2.15. The fourth-order valence-electron chi connectivity index (χ4n) is 1.66. The molecule has 1 aliphatic rings. The van der Waals surface area contributed by atoms with Crippen molar-refractivity contribution in [3.63, 3.8) is 0 Å². The lowest BCUT2D eigenvalue weighted by Crippen LogP contribution is -2.19. The third kappa shape index (κ3) is 2.52. The van der Waals surface area contributed by atoms with Crippen LogP contribution in [0.1, 0.15) is 18.9 Å². The van der Waals surface area contributed by atoms with Crippen molar-refractivity contribution in [3.05, 3.63) is 23.8 Å². The molecule has 1 heterocycles. The Balaban J connectivity index is 2.12. The summed E-state index contributed by atoms with van der Waals surface area (Å²) in [5, 5.41) is 11.9. The van der Waals surface area contributed by atoms with Crippen LogP contribution in [0.5, 0.6) is 5.75 Å². The lowest BCUT2D eigenvalue weighted by atomic mass is 10.0. The zero-order chi connectivity index (χ0) is 11.5. The zero-order valence-electron chi connectivity index (χ0n) is 9.19. The first-order chi connectivity index (χ1) is 7.65. The molecule has 1 atom stereocenters.